The molecule has 0 aromatic heterocycles. The lowest BCUT2D eigenvalue weighted by Gasteiger charge is -2.10. The zero-order valence-electron chi connectivity index (χ0n) is 14.6. The highest BCUT2D eigenvalue weighted by Gasteiger charge is 2.20. The van der Waals surface area contributed by atoms with Crippen LogP contribution in [0.15, 0.2) is 43.0 Å². The van der Waals surface area contributed by atoms with Gasteiger partial charge in [0.2, 0.25) is 0 Å². The summed E-state index contributed by atoms with van der Waals surface area (Å²) in [4.78, 5) is 0. The molecule has 1 aliphatic rings. The van der Waals surface area contributed by atoms with Crippen molar-refractivity contribution in [2.45, 2.75) is 33.1 Å². The fourth-order valence-electron chi connectivity index (χ4n) is 2.19. The zero-order valence-corrected chi connectivity index (χ0v) is 14.6. The number of hydrogen-bond acceptors (Lipinski definition) is 3. The largest absolute Gasteiger partial charge is 0.491 e. The fourth-order valence-corrected chi connectivity index (χ4v) is 2.19. The minimum Gasteiger partial charge on any atom is -0.491 e. The highest BCUT2D eigenvalue weighted by molar-refractivity contribution is 5.69. The summed E-state index contributed by atoms with van der Waals surface area (Å²) < 4.78 is 11.3. The molecule has 0 heterocycles. The van der Waals surface area contributed by atoms with Crippen LogP contribution in [0.4, 0.5) is 0 Å². The number of rotatable bonds is 10. The van der Waals surface area contributed by atoms with Crippen molar-refractivity contribution in [3.8, 4) is 5.75 Å². The maximum absolute atomic E-state index is 5.75. The van der Waals surface area contributed by atoms with Gasteiger partial charge in [-0.1, -0.05) is 57.6 Å². The molecule has 23 heavy (non-hydrogen) atoms. The Morgan fingerprint density at radius 3 is 2.70 bits per heavy atom. The predicted octanol–water partition coefficient (Wildman–Crippen LogP) is 4.44. The normalized spacial score (nSPS) is 14.0. The van der Waals surface area contributed by atoms with E-state index in [1.54, 1.807) is 6.08 Å². The van der Waals surface area contributed by atoms with Crippen LogP contribution < -0.4 is 10.5 Å². The average Bonchev–Trinajstić information content (AvgIpc) is 3.42. The monoisotopic (exact) mass is 317 g/mol. The average molecular weight is 317 g/mol. The van der Waals surface area contributed by atoms with E-state index in [1.807, 2.05) is 44.2 Å². The summed E-state index contributed by atoms with van der Waals surface area (Å²) in [6, 6.07) is 7.97. The third-order valence-corrected chi connectivity index (χ3v) is 3.61. The Morgan fingerprint density at radius 2 is 2.04 bits per heavy atom. The van der Waals surface area contributed by atoms with E-state index in [0.29, 0.717) is 19.8 Å². The van der Waals surface area contributed by atoms with Gasteiger partial charge >= 0.3 is 0 Å². The Labute approximate surface area is 141 Å². The first-order valence-corrected chi connectivity index (χ1v) is 8.66. The minimum absolute atomic E-state index is 0.486. The lowest BCUT2D eigenvalue weighted by atomic mass is 10.1. The zero-order chi connectivity index (χ0) is 16.9. The predicted molar refractivity (Wildman–Crippen MR) is 98.7 cm³/mol. The molecule has 0 bridgehead atoms. The van der Waals surface area contributed by atoms with Gasteiger partial charge in [0.1, 0.15) is 12.4 Å². The number of nitrogens with two attached hydrogens (primary N) is 1. The van der Waals surface area contributed by atoms with Gasteiger partial charge < -0.3 is 15.2 Å². The van der Waals surface area contributed by atoms with Crippen molar-refractivity contribution < 1.29 is 9.47 Å². The quantitative estimate of drug-likeness (QED) is 0.512. The Bertz CT molecular complexity index is 478. The van der Waals surface area contributed by atoms with Crippen LogP contribution in [0.25, 0.3) is 5.57 Å². The molecule has 1 aliphatic carbocycles. The Balaban J connectivity index is 0.00000127. The second-order valence-electron chi connectivity index (χ2n) is 5.35. The van der Waals surface area contributed by atoms with Crippen LogP contribution >= 0.6 is 0 Å². The van der Waals surface area contributed by atoms with Gasteiger partial charge in [-0.15, -0.1) is 0 Å². The Hall–Kier alpha value is -1.58. The first-order valence-electron chi connectivity index (χ1n) is 8.66. The van der Waals surface area contributed by atoms with Crippen molar-refractivity contribution in [2.24, 2.45) is 11.7 Å². The SMILES string of the molecule is C=C/C=C(\CN)c1cccc(OCCOCCC2CC2)c1.CC. The van der Waals surface area contributed by atoms with Gasteiger partial charge in [0.25, 0.3) is 0 Å². The summed E-state index contributed by atoms with van der Waals surface area (Å²) in [6.45, 7) is 10.3. The molecule has 0 radical (unpaired) electrons. The van der Waals surface area contributed by atoms with E-state index >= 15 is 0 Å². The third-order valence-electron chi connectivity index (χ3n) is 3.61. The standard InChI is InChI=1S/C18H25NO2.C2H6/c1-2-4-17(14-19)16-5-3-6-18(13-16)21-12-11-20-10-9-15-7-8-15;1-2/h2-6,13,15H,1,7-12,14,19H2;1-2H3/b17-4+;. The number of benzene rings is 1. The molecule has 2 N–H and O–H groups in total. The van der Waals surface area contributed by atoms with Gasteiger partial charge in [-0.05, 0) is 35.6 Å². The first kappa shape index (κ1) is 19.5. The molecule has 128 valence electrons. The van der Waals surface area contributed by atoms with Crippen molar-refractivity contribution in [3.63, 3.8) is 0 Å². The van der Waals surface area contributed by atoms with Crippen molar-refractivity contribution in [1.82, 2.24) is 0 Å². The number of allylic oxidation sites excluding steroid dienone is 2. The Morgan fingerprint density at radius 1 is 1.26 bits per heavy atom. The summed E-state index contributed by atoms with van der Waals surface area (Å²) in [5.74, 6) is 1.77. The molecule has 0 amide bonds. The van der Waals surface area contributed by atoms with Crippen molar-refractivity contribution in [1.29, 1.82) is 0 Å². The lowest BCUT2D eigenvalue weighted by molar-refractivity contribution is 0.0958. The molecule has 0 spiro atoms. The molecule has 1 aromatic carbocycles. The maximum atomic E-state index is 5.75. The second-order valence-corrected chi connectivity index (χ2v) is 5.35. The molecular weight excluding hydrogens is 286 g/mol. The van der Waals surface area contributed by atoms with E-state index < -0.39 is 0 Å². The summed E-state index contributed by atoms with van der Waals surface area (Å²) in [6.07, 6.45) is 7.65. The molecular formula is C20H31NO2. The van der Waals surface area contributed by atoms with E-state index in [4.69, 9.17) is 15.2 Å². The second kappa shape index (κ2) is 11.9. The molecule has 1 aromatic rings. The first-order chi connectivity index (χ1) is 11.3. The van der Waals surface area contributed by atoms with E-state index in [2.05, 4.69) is 6.58 Å². The van der Waals surface area contributed by atoms with Crippen LogP contribution in [0.1, 0.15) is 38.7 Å². The molecule has 1 saturated carbocycles. The van der Waals surface area contributed by atoms with E-state index in [1.165, 1.54) is 19.3 Å². The van der Waals surface area contributed by atoms with Crippen LogP contribution in [0.5, 0.6) is 5.75 Å². The van der Waals surface area contributed by atoms with Gasteiger partial charge in [0, 0.05) is 13.2 Å². The summed E-state index contributed by atoms with van der Waals surface area (Å²) in [7, 11) is 0. The maximum Gasteiger partial charge on any atom is 0.120 e. The van der Waals surface area contributed by atoms with Gasteiger partial charge in [0.15, 0.2) is 0 Å². The number of ether oxygens (including phenoxy) is 2. The molecule has 3 heteroatoms. The molecule has 0 saturated heterocycles. The molecule has 0 unspecified atom stereocenters. The summed E-state index contributed by atoms with van der Waals surface area (Å²) >= 11 is 0. The van der Waals surface area contributed by atoms with E-state index in [-0.39, 0.29) is 0 Å². The van der Waals surface area contributed by atoms with Gasteiger partial charge in [0.05, 0.1) is 6.61 Å². The van der Waals surface area contributed by atoms with Crippen LogP contribution in [0.3, 0.4) is 0 Å². The van der Waals surface area contributed by atoms with E-state index in [9.17, 15) is 0 Å². The minimum atomic E-state index is 0.486. The van der Waals surface area contributed by atoms with Crippen LogP contribution in [0.2, 0.25) is 0 Å². The smallest absolute Gasteiger partial charge is 0.120 e. The van der Waals surface area contributed by atoms with Crippen LogP contribution in [-0.2, 0) is 4.74 Å². The summed E-state index contributed by atoms with van der Waals surface area (Å²) in [5.41, 5.74) is 7.87. The molecule has 0 atom stereocenters. The highest BCUT2D eigenvalue weighted by Crippen LogP contribution is 2.32. The highest BCUT2D eigenvalue weighted by atomic mass is 16.5. The Kier molecular flexibility index (Phi) is 10.1. The van der Waals surface area contributed by atoms with Crippen molar-refractivity contribution >= 4 is 5.57 Å². The van der Waals surface area contributed by atoms with Gasteiger partial charge in [-0.3, -0.25) is 0 Å². The van der Waals surface area contributed by atoms with E-state index in [0.717, 1.165) is 29.4 Å². The number of hydrogen-bond donors (Lipinski definition) is 1. The molecule has 0 aliphatic heterocycles. The fraction of sp³-hybridized carbons (Fsp3) is 0.500. The van der Waals surface area contributed by atoms with Crippen LogP contribution in [-0.4, -0.2) is 26.4 Å². The molecule has 2 rings (SSSR count). The lowest BCUT2D eigenvalue weighted by Crippen LogP contribution is -2.08. The summed E-state index contributed by atoms with van der Waals surface area (Å²) in [5, 5.41) is 0. The van der Waals surface area contributed by atoms with Crippen LogP contribution in [0, 0.1) is 5.92 Å². The topological polar surface area (TPSA) is 44.5 Å². The third kappa shape index (κ3) is 8.00. The van der Waals surface area contributed by atoms with Crippen molar-refractivity contribution in [2.75, 3.05) is 26.4 Å². The van der Waals surface area contributed by atoms with Crippen molar-refractivity contribution in [3.05, 3.63) is 48.6 Å². The van der Waals surface area contributed by atoms with Gasteiger partial charge in [-0.2, -0.15) is 0 Å². The molecule has 1 fully saturated rings. The molecule has 3 nitrogen and oxygen atoms in total. The van der Waals surface area contributed by atoms with Gasteiger partial charge in [-0.25, -0.2) is 0 Å².